The highest BCUT2D eigenvalue weighted by molar-refractivity contribution is 5.43. The van der Waals surface area contributed by atoms with Gasteiger partial charge in [-0.1, -0.05) is 70.9 Å². The molecule has 0 saturated heterocycles. The molecule has 188 valence electrons. The molecule has 0 aliphatic rings. The van der Waals surface area contributed by atoms with Crippen molar-refractivity contribution in [2.75, 3.05) is 13.2 Å². The molecule has 0 amide bonds. The zero-order chi connectivity index (χ0) is 24.3. The van der Waals surface area contributed by atoms with Gasteiger partial charge in [-0.2, -0.15) is 10.2 Å². The minimum absolute atomic E-state index is 0.314. The van der Waals surface area contributed by atoms with Crippen LogP contribution in [0, 0.1) is 5.92 Å². The number of nitrogens with zero attached hydrogens (tertiary/aromatic N) is 2. The van der Waals surface area contributed by atoms with E-state index in [4.69, 9.17) is 4.74 Å². The van der Waals surface area contributed by atoms with Crippen molar-refractivity contribution in [2.24, 2.45) is 16.1 Å². The summed E-state index contributed by atoms with van der Waals surface area (Å²) in [6.45, 7) is 5.49. The Hall–Kier alpha value is -2.20. The molecule has 0 aromatic heterocycles. The third-order valence-corrected chi connectivity index (χ3v) is 6.37. The van der Waals surface area contributed by atoms with Gasteiger partial charge in [0.25, 0.3) is 0 Å². The summed E-state index contributed by atoms with van der Waals surface area (Å²) in [5, 5.41) is 18.3. The number of unbranched alkanes of at least 4 members (excludes halogenated alkanes) is 7. The van der Waals surface area contributed by atoms with Crippen LogP contribution in [0.15, 0.2) is 58.8 Å². The van der Waals surface area contributed by atoms with Crippen LogP contribution in [0.5, 0.6) is 5.75 Å². The van der Waals surface area contributed by atoms with Crippen LogP contribution >= 0.6 is 0 Å². The SMILES string of the molecule is CCCCCCCCC(CO)CCCCOc1ccc(/N=N/c2ccc(CCCC)cc2)cc1. The van der Waals surface area contributed by atoms with Crippen LogP contribution in [0.3, 0.4) is 0 Å². The first-order valence-electron chi connectivity index (χ1n) is 13.6. The second kappa shape index (κ2) is 18.2. The zero-order valence-electron chi connectivity index (χ0n) is 21.6. The molecule has 0 fully saturated rings. The fourth-order valence-electron chi connectivity index (χ4n) is 4.10. The molecule has 0 aliphatic heterocycles. The van der Waals surface area contributed by atoms with Gasteiger partial charge < -0.3 is 9.84 Å². The lowest BCUT2D eigenvalue weighted by Gasteiger charge is -2.14. The normalized spacial score (nSPS) is 12.3. The van der Waals surface area contributed by atoms with Crippen molar-refractivity contribution >= 4 is 11.4 Å². The first-order valence-corrected chi connectivity index (χ1v) is 13.6. The number of rotatable bonds is 19. The van der Waals surface area contributed by atoms with E-state index in [9.17, 15) is 5.11 Å². The average Bonchev–Trinajstić information content (AvgIpc) is 2.88. The van der Waals surface area contributed by atoms with Crippen molar-refractivity contribution in [2.45, 2.75) is 97.3 Å². The van der Waals surface area contributed by atoms with E-state index in [2.05, 4.69) is 36.2 Å². The third kappa shape index (κ3) is 12.3. The van der Waals surface area contributed by atoms with Gasteiger partial charge in [0, 0.05) is 6.61 Å². The first-order chi connectivity index (χ1) is 16.7. The van der Waals surface area contributed by atoms with E-state index in [1.54, 1.807) is 0 Å². The van der Waals surface area contributed by atoms with Gasteiger partial charge in [0.15, 0.2) is 0 Å². The maximum atomic E-state index is 9.64. The molecule has 1 N–H and O–H groups in total. The molecule has 34 heavy (non-hydrogen) atoms. The van der Waals surface area contributed by atoms with Crippen molar-refractivity contribution in [1.29, 1.82) is 0 Å². The molecule has 0 aliphatic carbocycles. The number of ether oxygens (including phenoxy) is 1. The summed E-state index contributed by atoms with van der Waals surface area (Å²) in [6, 6.07) is 16.1. The smallest absolute Gasteiger partial charge is 0.119 e. The molecule has 0 saturated carbocycles. The largest absolute Gasteiger partial charge is 0.494 e. The quantitative estimate of drug-likeness (QED) is 0.166. The molecule has 0 radical (unpaired) electrons. The van der Waals surface area contributed by atoms with Gasteiger partial charge in [-0.05, 0) is 86.4 Å². The molecular weight excluding hydrogens is 420 g/mol. The Morgan fingerprint density at radius 1 is 0.676 bits per heavy atom. The summed E-state index contributed by atoms with van der Waals surface area (Å²) in [4.78, 5) is 0. The summed E-state index contributed by atoms with van der Waals surface area (Å²) < 4.78 is 5.89. The van der Waals surface area contributed by atoms with Gasteiger partial charge in [-0.15, -0.1) is 0 Å². The molecule has 1 atom stereocenters. The molecule has 2 rings (SSSR count). The van der Waals surface area contributed by atoms with E-state index in [1.165, 1.54) is 56.9 Å². The van der Waals surface area contributed by atoms with E-state index in [0.717, 1.165) is 49.2 Å². The number of aliphatic hydroxyl groups excluding tert-OH is 1. The van der Waals surface area contributed by atoms with Gasteiger partial charge >= 0.3 is 0 Å². The second-order valence-corrected chi connectivity index (χ2v) is 9.41. The van der Waals surface area contributed by atoms with Crippen LogP contribution in [0.1, 0.15) is 96.5 Å². The van der Waals surface area contributed by atoms with E-state index >= 15 is 0 Å². The Morgan fingerprint density at radius 2 is 1.24 bits per heavy atom. The number of benzene rings is 2. The van der Waals surface area contributed by atoms with Crippen molar-refractivity contribution in [1.82, 2.24) is 0 Å². The Balaban J connectivity index is 1.61. The first kappa shape index (κ1) is 28.0. The van der Waals surface area contributed by atoms with Crippen LogP contribution in [0.4, 0.5) is 11.4 Å². The number of azo groups is 1. The third-order valence-electron chi connectivity index (χ3n) is 6.37. The molecule has 4 nitrogen and oxygen atoms in total. The minimum Gasteiger partial charge on any atom is -0.494 e. The van der Waals surface area contributed by atoms with Gasteiger partial charge in [-0.3, -0.25) is 0 Å². The molecule has 0 spiro atoms. The lowest BCUT2D eigenvalue weighted by Crippen LogP contribution is -2.07. The van der Waals surface area contributed by atoms with Crippen LogP contribution in [0.2, 0.25) is 0 Å². The highest BCUT2D eigenvalue weighted by atomic mass is 16.5. The van der Waals surface area contributed by atoms with E-state index in [1.807, 2.05) is 36.4 Å². The topological polar surface area (TPSA) is 54.2 Å². The molecule has 0 bridgehead atoms. The van der Waals surface area contributed by atoms with Crippen LogP contribution in [-0.2, 0) is 6.42 Å². The number of hydrogen-bond donors (Lipinski definition) is 1. The van der Waals surface area contributed by atoms with Crippen molar-refractivity contribution < 1.29 is 9.84 Å². The molecule has 0 heterocycles. The Kier molecular flexibility index (Phi) is 15.0. The van der Waals surface area contributed by atoms with Crippen molar-refractivity contribution in [3.8, 4) is 5.75 Å². The standard InChI is InChI=1S/C30H46N2O2/c1-3-5-7-8-9-10-14-27(25-33)15-11-12-24-34-30-22-20-29(21-23-30)32-31-28-18-16-26(17-19-28)13-6-4-2/h16-23,27,33H,3-15,24-25H2,1-2H3/b32-31+. The maximum Gasteiger partial charge on any atom is 0.119 e. The second-order valence-electron chi connectivity index (χ2n) is 9.41. The average molecular weight is 467 g/mol. The number of aliphatic hydroxyl groups is 1. The lowest BCUT2D eigenvalue weighted by molar-refractivity contribution is 0.200. The number of hydrogen-bond acceptors (Lipinski definition) is 4. The van der Waals surface area contributed by atoms with Crippen LogP contribution < -0.4 is 4.74 Å². The lowest BCUT2D eigenvalue weighted by atomic mass is 9.96. The van der Waals surface area contributed by atoms with Gasteiger partial charge in [0.2, 0.25) is 0 Å². The Morgan fingerprint density at radius 3 is 1.85 bits per heavy atom. The van der Waals surface area contributed by atoms with Gasteiger partial charge in [-0.25, -0.2) is 0 Å². The van der Waals surface area contributed by atoms with E-state index in [0.29, 0.717) is 19.1 Å². The van der Waals surface area contributed by atoms with Gasteiger partial charge in [0.05, 0.1) is 18.0 Å². The molecule has 2 aromatic carbocycles. The summed E-state index contributed by atoms with van der Waals surface area (Å²) in [6.07, 6.45) is 15.8. The molecule has 4 heteroatoms. The highest BCUT2D eigenvalue weighted by Crippen LogP contribution is 2.23. The molecular formula is C30H46N2O2. The van der Waals surface area contributed by atoms with E-state index < -0.39 is 0 Å². The van der Waals surface area contributed by atoms with Gasteiger partial charge in [0.1, 0.15) is 5.75 Å². The fraction of sp³-hybridized carbons (Fsp3) is 0.600. The Bertz CT molecular complexity index is 771. The summed E-state index contributed by atoms with van der Waals surface area (Å²) in [5.74, 6) is 1.31. The van der Waals surface area contributed by atoms with Crippen molar-refractivity contribution in [3.05, 3.63) is 54.1 Å². The van der Waals surface area contributed by atoms with E-state index in [-0.39, 0.29) is 0 Å². The minimum atomic E-state index is 0.314. The monoisotopic (exact) mass is 466 g/mol. The molecule has 1 unspecified atom stereocenters. The molecule has 2 aromatic rings. The van der Waals surface area contributed by atoms with Crippen molar-refractivity contribution in [3.63, 3.8) is 0 Å². The zero-order valence-corrected chi connectivity index (χ0v) is 21.6. The summed E-state index contributed by atoms with van der Waals surface area (Å²) >= 11 is 0. The predicted molar refractivity (Wildman–Crippen MR) is 144 cm³/mol. The predicted octanol–water partition coefficient (Wildman–Crippen LogP) is 9.35. The fourth-order valence-corrected chi connectivity index (χ4v) is 4.10. The highest BCUT2D eigenvalue weighted by Gasteiger charge is 2.07. The number of aryl methyl sites for hydroxylation is 1. The summed E-state index contributed by atoms with van der Waals surface area (Å²) in [5.41, 5.74) is 3.05. The van der Waals surface area contributed by atoms with Crippen LogP contribution in [0.25, 0.3) is 0 Å². The maximum absolute atomic E-state index is 9.64. The Labute approximate surface area is 207 Å². The van der Waals surface area contributed by atoms with Crippen LogP contribution in [-0.4, -0.2) is 18.3 Å². The summed E-state index contributed by atoms with van der Waals surface area (Å²) in [7, 11) is 0.